The first kappa shape index (κ1) is 17.7. The van der Waals surface area contributed by atoms with Gasteiger partial charge in [-0.05, 0) is 30.3 Å². The highest BCUT2D eigenvalue weighted by atomic mass is 16.7. The summed E-state index contributed by atoms with van der Waals surface area (Å²) in [6, 6.07) is 14.5. The van der Waals surface area contributed by atoms with Gasteiger partial charge in [0.1, 0.15) is 11.5 Å². The fraction of sp³-hybridized carbons (Fsp3) is 0.0476. The number of hydrogen-bond donors (Lipinski definition) is 0. The van der Waals surface area contributed by atoms with E-state index in [0.29, 0.717) is 34.1 Å². The Morgan fingerprint density at radius 2 is 1.87 bits per heavy atom. The van der Waals surface area contributed by atoms with Crippen molar-refractivity contribution in [3.8, 4) is 22.8 Å². The quantitative estimate of drug-likeness (QED) is 0.280. The van der Waals surface area contributed by atoms with E-state index in [2.05, 4.69) is 4.99 Å². The van der Waals surface area contributed by atoms with Crippen molar-refractivity contribution in [1.29, 1.82) is 0 Å². The molecule has 148 valence electrons. The summed E-state index contributed by atoms with van der Waals surface area (Å²) in [4.78, 5) is 26.9. The first-order chi connectivity index (χ1) is 14.6. The van der Waals surface area contributed by atoms with Gasteiger partial charge in [-0.3, -0.25) is 10.1 Å². The minimum Gasteiger partial charge on any atom is -0.457 e. The highest BCUT2D eigenvalue weighted by Crippen LogP contribution is 2.34. The predicted molar refractivity (Wildman–Crippen MR) is 104 cm³/mol. The molecule has 0 unspecified atom stereocenters. The second-order valence-corrected chi connectivity index (χ2v) is 6.41. The SMILES string of the molecule is O=C1OC(c2ccc3c(c2)OCO3)=NC1=Cc1ccc(-c2cccc([N+](=O)[O-])c2)o1. The normalized spacial score (nSPS) is 15.9. The topological polar surface area (TPSA) is 113 Å². The fourth-order valence-corrected chi connectivity index (χ4v) is 3.06. The number of carbonyl (C=O) groups excluding carboxylic acids is 1. The van der Waals surface area contributed by atoms with Gasteiger partial charge in [-0.25, -0.2) is 9.79 Å². The molecule has 1 aromatic heterocycles. The predicted octanol–water partition coefficient (Wildman–Crippen LogP) is 3.93. The van der Waals surface area contributed by atoms with E-state index in [-0.39, 0.29) is 24.1 Å². The smallest absolute Gasteiger partial charge is 0.363 e. The number of non-ortho nitro benzene ring substituents is 1. The van der Waals surface area contributed by atoms with E-state index in [0.717, 1.165) is 0 Å². The Balaban J connectivity index is 1.42. The highest BCUT2D eigenvalue weighted by Gasteiger charge is 2.26. The molecule has 0 aliphatic carbocycles. The molecule has 2 aromatic carbocycles. The Bertz CT molecular complexity index is 1260. The number of benzene rings is 2. The molecule has 0 saturated heterocycles. The van der Waals surface area contributed by atoms with Crippen molar-refractivity contribution >= 4 is 23.6 Å². The van der Waals surface area contributed by atoms with E-state index in [1.54, 1.807) is 42.5 Å². The number of carbonyl (C=O) groups is 1. The highest BCUT2D eigenvalue weighted by molar-refractivity contribution is 6.13. The van der Waals surface area contributed by atoms with E-state index in [1.165, 1.54) is 18.2 Å². The standard InChI is InChI=1S/C21H12N2O7/c24-21-16(22-20(30-21)13-4-6-18-19(9-13)28-11-27-18)10-15-5-7-17(29-15)12-2-1-3-14(8-12)23(25)26/h1-10H,11H2. The molecule has 2 aliphatic rings. The monoisotopic (exact) mass is 404 g/mol. The molecule has 2 aliphatic heterocycles. The van der Waals surface area contributed by atoms with E-state index < -0.39 is 10.9 Å². The largest absolute Gasteiger partial charge is 0.457 e. The molecular formula is C21H12N2O7. The van der Waals surface area contributed by atoms with Crippen molar-refractivity contribution in [3.63, 3.8) is 0 Å². The van der Waals surface area contributed by atoms with Gasteiger partial charge in [0.25, 0.3) is 5.69 Å². The molecule has 0 N–H and O–H groups in total. The molecule has 5 rings (SSSR count). The van der Waals surface area contributed by atoms with Crippen LogP contribution >= 0.6 is 0 Å². The van der Waals surface area contributed by atoms with Crippen molar-refractivity contribution in [2.75, 3.05) is 6.79 Å². The van der Waals surface area contributed by atoms with Crippen LogP contribution in [0.25, 0.3) is 17.4 Å². The van der Waals surface area contributed by atoms with E-state index in [9.17, 15) is 14.9 Å². The Kier molecular flexibility index (Phi) is 4.06. The number of furan rings is 1. The van der Waals surface area contributed by atoms with Gasteiger partial charge in [-0.15, -0.1) is 0 Å². The third-order valence-electron chi connectivity index (χ3n) is 4.49. The van der Waals surface area contributed by atoms with Gasteiger partial charge in [-0.2, -0.15) is 0 Å². The van der Waals surface area contributed by atoms with Crippen LogP contribution in [0, 0.1) is 10.1 Å². The summed E-state index contributed by atoms with van der Waals surface area (Å²) in [5.74, 6) is 1.49. The van der Waals surface area contributed by atoms with Crippen LogP contribution in [0.15, 0.2) is 69.7 Å². The van der Waals surface area contributed by atoms with Crippen molar-refractivity contribution in [2.24, 2.45) is 4.99 Å². The molecule has 0 radical (unpaired) electrons. The van der Waals surface area contributed by atoms with Crippen molar-refractivity contribution in [3.05, 3.63) is 81.7 Å². The molecule has 30 heavy (non-hydrogen) atoms. The lowest BCUT2D eigenvalue weighted by Crippen LogP contribution is -2.05. The molecule has 0 amide bonds. The second-order valence-electron chi connectivity index (χ2n) is 6.41. The average Bonchev–Trinajstić information content (AvgIpc) is 3.48. The summed E-state index contributed by atoms with van der Waals surface area (Å²) >= 11 is 0. The maximum Gasteiger partial charge on any atom is 0.363 e. The number of nitrogens with zero attached hydrogens (tertiary/aromatic N) is 2. The zero-order valence-corrected chi connectivity index (χ0v) is 15.2. The molecule has 3 aromatic rings. The maximum atomic E-state index is 12.2. The summed E-state index contributed by atoms with van der Waals surface area (Å²) in [6.07, 6.45) is 1.45. The van der Waals surface area contributed by atoms with Gasteiger partial charge >= 0.3 is 5.97 Å². The van der Waals surface area contributed by atoms with Gasteiger partial charge in [-0.1, -0.05) is 12.1 Å². The lowest BCUT2D eigenvalue weighted by molar-refractivity contribution is -0.384. The molecule has 0 atom stereocenters. The molecule has 0 bridgehead atoms. The lowest BCUT2D eigenvalue weighted by Gasteiger charge is -2.01. The zero-order chi connectivity index (χ0) is 20.7. The van der Waals surface area contributed by atoms with Gasteiger partial charge in [0.15, 0.2) is 17.2 Å². The van der Waals surface area contributed by atoms with Crippen LogP contribution in [0.3, 0.4) is 0 Å². The maximum absolute atomic E-state index is 12.2. The minimum absolute atomic E-state index is 0.0406. The number of ether oxygens (including phenoxy) is 3. The van der Waals surface area contributed by atoms with Gasteiger partial charge in [0.2, 0.25) is 12.7 Å². The number of nitro groups is 1. The second kappa shape index (κ2) is 6.89. The molecule has 0 saturated carbocycles. The first-order valence-electron chi connectivity index (χ1n) is 8.84. The third-order valence-corrected chi connectivity index (χ3v) is 4.49. The van der Waals surface area contributed by atoms with E-state index in [1.807, 2.05) is 0 Å². The molecule has 0 spiro atoms. The number of hydrogen-bond acceptors (Lipinski definition) is 8. The number of aliphatic imine (C=N–C) groups is 1. The molecule has 0 fully saturated rings. The number of rotatable bonds is 4. The van der Waals surface area contributed by atoms with E-state index in [4.69, 9.17) is 18.6 Å². The first-order valence-corrected chi connectivity index (χ1v) is 8.84. The summed E-state index contributed by atoms with van der Waals surface area (Å²) in [7, 11) is 0. The summed E-state index contributed by atoms with van der Waals surface area (Å²) in [5.41, 5.74) is 1.16. The molecule has 3 heterocycles. The van der Waals surface area contributed by atoms with Gasteiger partial charge in [0, 0.05) is 29.3 Å². The summed E-state index contributed by atoms with van der Waals surface area (Å²) in [5, 5.41) is 11.0. The minimum atomic E-state index is -0.615. The van der Waals surface area contributed by atoms with Crippen LogP contribution in [0.4, 0.5) is 5.69 Å². The number of nitro benzene ring substituents is 1. The molecule has 9 nitrogen and oxygen atoms in total. The molecule has 9 heteroatoms. The van der Waals surface area contributed by atoms with Crippen LogP contribution in [0.5, 0.6) is 11.5 Å². The lowest BCUT2D eigenvalue weighted by atomic mass is 10.1. The number of cyclic esters (lactones) is 1. The van der Waals surface area contributed by atoms with Crippen molar-refractivity contribution in [1.82, 2.24) is 0 Å². The Morgan fingerprint density at radius 1 is 1.00 bits per heavy atom. The van der Waals surface area contributed by atoms with E-state index >= 15 is 0 Å². The van der Waals surface area contributed by atoms with Crippen molar-refractivity contribution < 1.29 is 28.3 Å². The van der Waals surface area contributed by atoms with Gasteiger partial charge < -0.3 is 18.6 Å². The van der Waals surface area contributed by atoms with Gasteiger partial charge in [0.05, 0.1) is 4.92 Å². The zero-order valence-electron chi connectivity index (χ0n) is 15.2. The van der Waals surface area contributed by atoms with Crippen molar-refractivity contribution in [2.45, 2.75) is 0 Å². The summed E-state index contributed by atoms with van der Waals surface area (Å²) in [6.45, 7) is 0.140. The molecular weight excluding hydrogens is 392 g/mol. The van der Waals surface area contributed by atoms with Crippen LogP contribution in [-0.2, 0) is 9.53 Å². The van der Waals surface area contributed by atoms with Crippen LogP contribution in [0.1, 0.15) is 11.3 Å². The Morgan fingerprint density at radius 3 is 2.73 bits per heavy atom. The Hall–Kier alpha value is -4.40. The third kappa shape index (κ3) is 3.18. The summed E-state index contributed by atoms with van der Waals surface area (Å²) < 4.78 is 21.6. The van der Waals surface area contributed by atoms with Crippen LogP contribution in [0.2, 0.25) is 0 Å². The van der Waals surface area contributed by atoms with Crippen LogP contribution < -0.4 is 9.47 Å². The number of esters is 1. The fourth-order valence-electron chi connectivity index (χ4n) is 3.06. The number of fused-ring (bicyclic) bond motifs is 1. The van der Waals surface area contributed by atoms with Crippen LogP contribution in [-0.4, -0.2) is 23.6 Å². The Labute approximate surface area is 169 Å². The average molecular weight is 404 g/mol.